The molecule has 1 aromatic heterocycles. The van der Waals surface area contributed by atoms with Crippen LogP contribution in [0.4, 0.5) is 10.8 Å². The maximum Gasteiger partial charge on any atom is 0.231 e. The van der Waals surface area contributed by atoms with E-state index in [1.165, 1.54) is 23.1 Å². The Morgan fingerprint density at radius 2 is 2.21 bits per heavy atom. The molecule has 24 heavy (non-hydrogen) atoms. The van der Waals surface area contributed by atoms with Crippen molar-refractivity contribution in [3.05, 3.63) is 30.3 Å². The van der Waals surface area contributed by atoms with Gasteiger partial charge in [-0.1, -0.05) is 47.2 Å². The molecule has 2 aromatic rings. The van der Waals surface area contributed by atoms with Gasteiger partial charge in [-0.2, -0.15) is 0 Å². The number of para-hydroxylation sites is 1. The average Bonchev–Trinajstić information content (AvgIpc) is 3.20. The van der Waals surface area contributed by atoms with Gasteiger partial charge in [0.05, 0.1) is 11.7 Å². The molecule has 0 unspecified atom stereocenters. The van der Waals surface area contributed by atoms with E-state index >= 15 is 0 Å². The summed E-state index contributed by atoms with van der Waals surface area (Å²) in [4.78, 5) is 26.2. The number of amides is 2. The van der Waals surface area contributed by atoms with E-state index in [1.54, 1.807) is 4.90 Å². The lowest BCUT2D eigenvalue weighted by Crippen LogP contribution is -2.28. The van der Waals surface area contributed by atoms with E-state index in [0.717, 1.165) is 5.69 Å². The van der Waals surface area contributed by atoms with Crippen LogP contribution in [-0.2, 0) is 9.59 Å². The van der Waals surface area contributed by atoms with Crippen molar-refractivity contribution >= 4 is 45.7 Å². The quantitative estimate of drug-likeness (QED) is 0.504. The molecule has 1 atom stereocenters. The Labute approximate surface area is 147 Å². The summed E-state index contributed by atoms with van der Waals surface area (Å²) in [5.41, 5.74) is 0.807. The summed E-state index contributed by atoms with van der Waals surface area (Å²) in [6.07, 6.45) is 5.39. The number of thioether (sulfide) groups is 1. The van der Waals surface area contributed by atoms with Crippen molar-refractivity contribution in [2.75, 3.05) is 22.5 Å². The number of benzene rings is 1. The van der Waals surface area contributed by atoms with Crippen molar-refractivity contribution in [1.82, 2.24) is 10.2 Å². The molecule has 0 aliphatic carbocycles. The summed E-state index contributed by atoms with van der Waals surface area (Å²) in [5.74, 6) is 2.35. The standard InChI is InChI=1S/C16H14N4O2S2/c1-2-8-23-16-19-18-15(24-16)17-14(22)11-9-13(21)20(10-11)12-6-4-3-5-7-12/h1,3-7,11H,8-10H2,(H,17,18,22)/t11-/m1/s1. The van der Waals surface area contributed by atoms with Gasteiger partial charge in [0.1, 0.15) is 0 Å². The molecule has 0 saturated carbocycles. The topological polar surface area (TPSA) is 75.2 Å². The number of nitrogens with zero attached hydrogens (tertiary/aromatic N) is 3. The fourth-order valence-corrected chi connectivity index (χ4v) is 3.81. The lowest BCUT2D eigenvalue weighted by Gasteiger charge is -2.16. The summed E-state index contributed by atoms with van der Waals surface area (Å²) >= 11 is 2.67. The minimum absolute atomic E-state index is 0.0520. The summed E-state index contributed by atoms with van der Waals surface area (Å²) in [7, 11) is 0. The van der Waals surface area contributed by atoms with Gasteiger partial charge in [0.15, 0.2) is 4.34 Å². The molecule has 2 heterocycles. The molecule has 1 fully saturated rings. The lowest BCUT2D eigenvalue weighted by atomic mass is 10.1. The minimum Gasteiger partial charge on any atom is -0.312 e. The third-order valence-corrected chi connectivity index (χ3v) is 5.36. The minimum atomic E-state index is -0.400. The van der Waals surface area contributed by atoms with Crippen LogP contribution in [0.3, 0.4) is 0 Å². The van der Waals surface area contributed by atoms with Gasteiger partial charge < -0.3 is 10.2 Å². The molecule has 1 aliphatic rings. The molecule has 1 aromatic carbocycles. The highest BCUT2D eigenvalue weighted by atomic mass is 32.2. The fourth-order valence-electron chi connectivity index (χ4n) is 2.37. The van der Waals surface area contributed by atoms with Crippen LogP contribution in [0, 0.1) is 18.3 Å². The van der Waals surface area contributed by atoms with Gasteiger partial charge in [0.25, 0.3) is 0 Å². The summed E-state index contributed by atoms with van der Waals surface area (Å²) in [6.45, 7) is 0.367. The van der Waals surface area contributed by atoms with Crippen LogP contribution in [0.2, 0.25) is 0 Å². The third kappa shape index (κ3) is 3.75. The average molecular weight is 358 g/mol. The second kappa shape index (κ2) is 7.47. The Balaban J connectivity index is 1.61. The van der Waals surface area contributed by atoms with Gasteiger partial charge >= 0.3 is 0 Å². The van der Waals surface area contributed by atoms with Crippen molar-refractivity contribution in [2.24, 2.45) is 5.92 Å². The van der Waals surface area contributed by atoms with Crippen molar-refractivity contribution in [3.8, 4) is 12.3 Å². The normalized spacial score (nSPS) is 16.9. The maximum absolute atomic E-state index is 12.4. The van der Waals surface area contributed by atoms with Crippen LogP contribution in [0.5, 0.6) is 0 Å². The largest absolute Gasteiger partial charge is 0.312 e. The highest BCUT2D eigenvalue weighted by molar-refractivity contribution is 8.01. The number of carbonyl (C=O) groups is 2. The Kier molecular flexibility index (Phi) is 5.13. The van der Waals surface area contributed by atoms with E-state index in [-0.39, 0.29) is 18.2 Å². The first-order valence-corrected chi connectivity index (χ1v) is 9.03. The Hall–Kier alpha value is -2.37. The number of terminal acetylenes is 1. The Morgan fingerprint density at radius 1 is 1.42 bits per heavy atom. The highest BCUT2D eigenvalue weighted by Gasteiger charge is 2.35. The molecule has 8 heteroatoms. The predicted molar refractivity (Wildman–Crippen MR) is 95.0 cm³/mol. The lowest BCUT2D eigenvalue weighted by molar-refractivity contribution is -0.122. The van der Waals surface area contributed by atoms with E-state index in [4.69, 9.17) is 6.42 Å². The molecular weight excluding hydrogens is 344 g/mol. The Morgan fingerprint density at radius 3 is 2.96 bits per heavy atom. The van der Waals surface area contributed by atoms with Crippen LogP contribution in [0.25, 0.3) is 0 Å². The molecule has 0 spiro atoms. The highest BCUT2D eigenvalue weighted by Crippen LogP contribution is 2.28. The third-order valence-electron chi connectivity index (χ3n) is 3.48. The summed E-state index contributed by atoms with van der Waals surface area (Å²) < 4.78 is 0.705. The zero-order valence-electron chi connectivity index (χ0n) is 12.6. The van der Waals surface area contributed by atoms with Crippen molar-refractivity contribution < 1.29 is 9.59 Å². The molecule has 1 aliphatic heterocycles. The van der Waals surface area contributed by atoms with Crippen LogP contribution in [0.15, 0.2) is 34.7 Å². The van der Waals surface area contributed by atoms with Crippen LogP contribution in [-0.4, -0.2) is 34.3 Å². The van der Waals surface area contributed by atoms with E-state index < -0.39 is 5.92 Å². The number of hydrogen-bond acceptors (Lipinski definition) is 6. The van der Waals surface area contributed by atoms with Crippen LogP contribution in [0.1, 0.15) is 6.42 Å². The first-order chi connectivity index (χ1) is 11.7. The number of anilines is 2. The number of aromatic nitrogens is 2. The van der Waals surface area contributed by atoms with Gasteiger partial charge in [0, 0.05) is 18.7 Å². The number of hydrogen-bond donors (Lipinski definition) is 1. The molecule has 6 nitrogen and oxygen atoms in total. The number of rotatable bonds is 5. The van der Waals surface area contributed by atoms with Gasteiger partial charge in [-0.15, -0.1) is 16.6 Å². The smallest absolute Gasteiger partial charge is 0.231 e. The predicted octanol–water partition coefficient (Wildman–Crippen LogP) is 2.25. The van der Waals surface area contributed by atoms with Gasteiger partial charge in [-0.25, -0.2) is 0 Å². The molecule has 1 N–H and O–H groups in total. The van der Waals surface area contributed by atoms with E-state index in [9.17, 15) is 9.59 Å². The van der Waals surface area contributed by atoms with Crippen LogP contribution >= 0.6 is 23.1 Å². The zero-order chi connectivity index (χ0) is 16.9. The second-order valence-electron chi connectivity index (χ2n) is 5.10. The zero-order valence-corrected chi connectivity index (χ0v) is 14.3. The molecule has 1 saturated heterocycles. The molecule has 0 bridgehead atoms. The molecule has 122 valence electrons. The fraction of sp³-hybridized carbons (Fsp3) is 0.250. The monoisotopic (exact) mass is 358 g/mol. The van der Waals surface area contributed by atoms with Crippen molar-refractivity contribution in [2.45, 2.75) is 10.8 Å². The summed E-state index contributed by atoms with van der Waals surface area (Å²) in [5, 5.41) is 11.0. The second-order valence-corrected chi connectivity index (χ2v) is 7.30. The van der Waals surface area contributed by atoms with E-state index in [1.807, 2.05) is 30.3 Å². The first-order valence-electron chi connectivity index (χ1n) is 7.23. The molecular formula is C16H14N4O2S2. The maximum atomic E-state index is 12.4. The first kappa shape index (κ1) is 16.5. The van der Waals surface area contributed by atoms with Gasteiger partial charge in [-0.05, 0) is 12.1 Å². The molecule has 0 radical (unpaired) electrons. The SMILES string of the molecule is C#CCSc1nnc(NC(=O)[C@@H]2CC(=O)N(c3ccccc3)C2)s1. The van der Waals surface area contributed by atoms with Crippen LogP contribution < -0.4 is 10.2 Å². The molecule has 2 amide bonds. The number of nitrogens with one attached hydrogen (secondary N) is 1. The molecule has 3 rings (SSSR count). The Bertz CT molecular complexity index is 785. The number of carbonyl (C=O) groups excluding carboxylic acids is 2. The van der Waals surface area contributed by atoms with Crippen molar-refractivity contribution in [1.29, 1.82) is 0 Å². The van der Waals surface area contributed by atoms with Gasteiger partial charge in [-0.3, -0.25) is 9.59 Å². The van der Waals surface area contributed by atoms with E-state index in [2.05, 4.69) is 21.4 Å². The van der Waals surface area contributed by atoms with Gasteiger partial charge in [0.2, 0.25) is 16.9 Å². The van der Waals surface area contributed by atoms with E-state index in [0.29, 0.717) is 21.8 Å². The summed E-state index contributed by atoms with van der Waals surface area (Å²) in [6, 6.07) is 9.34. The van der Waals surface area contributed by atoms with Crippen molar-refractivity contribution in [3.63, 3.8) is 0 Å².